The third-order valence-electron chi connectivity index (χ3n) is 4.01. The first kappa shape index (κ1) is 13.8. The fourth-order valence-electron chi connectivity index (χ4n) is 2.91. The predicted octanol–water partition coefficient (Wildman–Crippen LogP) is 2.87. The summed E-state index contributed by atoms with van der Waals surface area (Å²) < 4.78 is 0. The van der Waals surface area contributed by atoms with Crippen LogP contribution in [0.15, 0.2) is 48.5 Å². The quantitative estimate of drug-likeness (QED) is 0.936. The van der Waals surface area contributed by atoms with E-state index >= 15 is 0 Å². The van der Waals surface area contributed by atoms with E-state index in [4.69, 9.17) is 0 Å². The molecule has 0 bridgehead atoms. The van der Waals surface area contributed by atoms with E-state index in [9.17, 15) is 9.90 Å². The van der Waals surface area contributed by atoms with Crippen molar-refractivity contribution in [1.29, 1.82) is 0 Å². The van der Waals surface area contributed by atoms with Crippen LogP contribution in [0.2, 0.25) is 0 Å². The highest BCUT2D eigenvalue weighted by atomic mass is 16.3. The van der Waals surface area contributed by atoms with Gasteiger partial charge in [-0.25, -0.2) is 0 Å². The van der Waals surface area contributed by atoms with E-state index in [0.717, 1.165) is 22.4 Å². The van der Waals surface area contributed by atoms with Gasteiger partial charge in [0.2, 0.25) is 5.91 Å². The van der Waals surface area contributed by atoms with Gasteiger partial charge in [0, 0.05) is 18.7 Å². The van der Waals surface area contributed by atoms with Crippen molar-refractivity contribution >= 4 is 11.6 Å². The van der Waals surface area contributed by atoms with Gasteiger partial charge in [0.15, 0.2) is 0 Å². The molecule has 0 aromatic heterocycles. The number of hydrogen-bond acceptors (Lipinski definition) is 2. The summed E-state index contributed by atoms with van der Waals surface area (Å²) in [5.74, 6) is 0.141. The largest absolute Gasteiger partial charge is 0.388 e. The first-order chi connectivity index (χ1) is 10.2. The van der Waals surface area contributed by atoms with E-state index in [1.807, 2.05) is 55.5 Å². The molecule has 21 heavy (non-hydrogen) atoms. The lowest BCUT2D eigenvalue weighted by molar-refractivity contribution is -0.117. The van der Waals surface area contributed by atoms with Crippen LogP contribution < -0.4 is 4.90 Å². The number of likely N-dealkylation sites (N-methyl/N-ethyl adjacent to an activating group) is 1. The summed E-state index contributed by atoms with van der Waals surface area (Å²) in [6.07, 6.45) is 0.489. The summed E-state index contributed by atoms with van der Waals surface area (Å²) in [5, 5.41) is 10.4. The number of fused-ring (bicyclic) bond motifs is 1. The van der Waals surface area contributed by atoms with Gasteiger partial charge in [-0.15, -0.1) is 0 Å². The first-order valence-electron chi connectivity index (χ1n) is 7.34. The summed E-state index contributed by atoms with van der Waals surface area (Å²) in [4.78, 5) is 13.7. The molecule has 0 fully saturated rings. The van der Waals surface area contributed by atoms with Crippen LogP contribution in [-0.4, -0.2) is 17.6 Å². The highest BCUT2D eigenvalue weighted by Crippen LogP contribution is 2.31. The maximum absolute atomic E-state index is 11.9. The van der Waals surface area contributed by atoms with E-state index < -0.39 is 6.10 Å². The van der Waals surface area contributed by atoms with Crippen LogP contribution in [0.5, 0.6) is 0 Å². The fourth-order valence-corrected chi connectivity index (χ4v) is 2.91. The Bertz CT molecular complexity index is 652. The van der Waals surface area contributed by atoms with Crippen molar-refractivity contribution < 1.29 is 9.90 Å². The van der Waals surface area contributed by atoms with Crippen molar-refractivity contribution in [2.24, 2.45) is 0 Å². The minimum Gasteiger partial charge on any atom is -0.388 e. The molecule has 0 aliphatic carbocycles. The molecular formula is C18H19NO2. The Balaban J connectivity index is 1.82. The van der Waals surface area contributed by atoms with Gasteiger partial charge in [0.25, 0.3) is 0 Å². The van der Waals surface area contributed by atoms with Crippen LogP contribution >= 0.6 is 0 Å². The van der Waals surface area contributed by atoms with Gasteiger partial charge in [-0.1, -0.05) is 42.5 Å². The number of benzene rings is 2. The number of hydrogen-bond donors (Lipinski definition) is 1. The Morgan fingerprint density at radius 2 is 1.95 bits per heavy atom. The molecule has 0 radical (unpaired) electrons. The summed E-state index contributed by atoms with van der Waals surface area (Å²) >= 11 is 0. The second kappa shape index (κ2) is 5.70. The van der Waals surface area contributed by atoms with Crippen LogP contribution in [0, 0.1) is 0 Å². The topological polar surface area (TPSA) is 40.5 Å². The molecule has 1 aliphatic heterocycles. The number of nitrogens with zero attached hydrogens (tertiary/aromatic N) is 1. The highest BCUT2D eigenvalue weighted by molar-refractivity contribution is 6.01. The van der Waals surface area contributed by atoms with Crippen molar-refractivity contribution in [1.82, 2.24) is 0 Å². The van der Waals surface area contributed by atoms with Gasteiger partial charge >= 0.3 is 0 Å². The van der Waals surface area contributed by atoms with Crippen molar-refractivity contribution in [2.45, 2.75) is 25.9 Å². The molecule has 1 atom stereocenters. The van der Waals surface area contributed by atoms with E-state index in [0.29, 0.717) is 19.4 Å². The summed E-state index contributed by atoms with van der Waals surface area (Å²) in [6, 6.07) is 15.8. The molecule has 1 unspecified atom stereocenters. The van der Waals surface area contributed by atoms with E-state index in [1.54, 1.807) is 4.90 Å². The van der Waals surface area contributed by atoms with E-state index in [2.05, 4.69) is 0 Å². The second-order valence-electron chi connectivity index (χ2n) is 5.41. The van der Waals surface area contributed by atoms with Crippen molar-refractivity contribution in [3.8, 4) is 0 Å². The lowest BCUT2D eigenvalue weighted by atomic mass is 9.99. The molecule has 3 rings (SSSR count). The predicted molar refractivity (Wildman–Crippen MR) is 83.3 cm³/mol. The van der Waals surface area contributed by atoms with Crippen LogP contribution in [0.1, 0.15) is 29.7 Å². The monoisotopic (exact) mass is 281 g/mol. The zero-order valence-electron chi connectivity index (χ0n) is 12.1. The lowest BCUT2D eigenvalue weighted by Crippen LogP contribution is -2.25. The highest BCUT2D eigenvalue weighted by Gasteiger charge is 2.26. The minimum atomic E-state index is -0.538. The molecular weight excluding hydrogens is 262 g/mol. The van der Waals surface area contributed by atoms with Crippen molar-refractivity contribution in [3.05, 3.63) is 65.2 Å². The average molecular weight is 281 g/mol. The number of anilines is 1. The number of carbonyl (C=O) groups excluding carboxylic acids is 1. The molecule has 1 amide bonds. The minimum absolute atomic E-state index is 0.141. The van der Waals surface area contributed by atoms with Gasteiger partial charge in [0.05, 0.1) is 12.5 Å². The smallest absolute Gasteiger partial charge is 0.231 e. The molecule has 108 valence electrons. The Kier molecular flexibility index (Phi) is 3.76. The molecule has 1 heterocycles. The molecule has 2 aromatic carbocycles. The Hall–Kier alpha value is -2.13. The third kappa shape index (κ3) is 2.69. The number of amides is 1. The van der Waals surface area contributed by atoms with E-state index in [1.165, 1.54) is 0 Å². The lowest BCUT2D eigenvalue weighted by Gasteiger charge is -2.16. The zero-order chi connectivity index (χ0) is 14.8. The molecule has 0 saturated heterocycles. The molecule has 3 heteroatoms. The number of carbonyl (C=O) groups is 1. The number of aliphatic hydroxyl groups is 1. The van der Waals surface area contributed by atoms with Gasteiger partial charge in [-0.05, 0) is 29.7 Å². The normalized spacial score (nSPS) is 15.1. The molecule has 3 nitrogen and oxygen atoms in total. The zero-order valence-corrected chi connectivity index (χ0v) is 12.1. The van der Waals surface area contributed by atoms with Crippen molar-refractivity contribution in [2.75, 3.05) is 11.4 Å². The van der Waals surface area contributed by atoms with Crippen LogP contribution in [0.3, 0.4) is 0 Å². The Morgan fingerprint density at radius 3 is 2.67 bits per heavy atom. The first-order valence-corrected chi connectivity index (χ1v) is 7.34. The SMILES string of the molecule is CCN1C(=O)Cc2cc(C(O)Cc3ccccc3)ccc21. The van der Waals surface area contributed by atoms with Crippen LogP contribution in [0.25, 0.3) is 0 Å². The maximum atomic E-state index is 11.9. The third-order valence-corrected chi connectivity index (χ3v) is 4.01. The van der Waals surface area contributed by atoms with Crippen LogP contribution in [-0.2, 0) is 17.6 Å². The summed E-state index contributed by atoms with van der Waals surface area (Å²) in [7, 11) is 0. The van der Waals surface area contributed by atoms with Gasteiger partial charge in [0.1, 0.15) is 0 Å². The Morgan fingerprint density at radius 1 is 1.19 bits per heavy atom. The standard InChI is InChI=1S/C18H19NO2/c1-2-19-16-9-8-14(11-15(16)12-18(19)21)17(20)10-13-6-4-3-5-7-13/h3-9,11,17,20H,2,10,12H2,1H3. The molecule has 0 saturated carbocycles. The Labute approximate surface area is 124 Å². The fraction of sp³-hybridized carbons (Fsp3) is 0.278. The number of aliphatic hydroxyl groups excluding tert-OH is 1. The van der Waals surface area contributed by atoms with Crippen LogP contribution in [0.4, 0.5) is 5.69 Å². The molecule has 1 N–H and O–H groups in total. The summed E-state index contributed by atoms with van der Waals surface area (Å²) in [5.41, 5.74) is 3.99. The molecule has 2 aromatic rings. The second-order valence-corrected chi connectivity index (χ2v) is 5.41. The van der Waals surface area contributed by atoms with E-state index in [-0.39, 0.29) is 5.91 Å². The molecule has 1 aliphatic rings. The molecule has 0 spiro atoms. The average Bonchev–Trinajstić information content (AvgIpc) is 2.82. The summed E-state index contributed by atoms with van der Waals surface area (Å²) in [6.45, 7) is 2.67. The number of rotatable bonds is 4. The van der Waals surface area contributed by atoms with Gasteiger partial charge in [-0.2, -0.15) is 0 Å². The van der Waals surface area contributed by atoms with Gasteiger partial charge in [-0.3, -0.25) is 4.79 Å². The van der Waals surface area contributed by atoms with Crippen molar-refractivity contribution in [3.63, 3.8) is 0 Å². The maximum Gasteiger partial charge on any atom is 0.231 e. The van der Waals surface area contributed by atoms with Gasteiger partial charge < -0.3 is 10.0 Å².